The van der Waals surface area contributed by atoms with Gasteiger partial charge in [-0.3, -0.25) is 0 Å². The van der Waals surface area contributed by atoms with Gasteiger partial charge in [-0.05, 0) is 92.3 Å². The third-order valence-electron chi connectivity index (χ3n) is 11.6. The number of benzene rings is 10. The van der Waals surface area contributed by atoms with Crippen molar-refractivity contribution in [3.63, 3.8) is 0 Å². The fourth-order valence-electron chi connectivity index (χ4n) is 8.92. The molecule has 0 unspecified atom stereocenters. The average Bonchev–Trinajstić information content (AvgIpc) is 3.63. The molecular weight excluding hydrogens is 701 g/mol. The molecule has 11 rings (SSSR count). The maximum Gasteiger partial charge on any atom is 0.0561 e. The van der Waals surface area contributed by atoms with Crippen molar-refractivity contribution in [1.29, 1.82) is 0 Å². The van der Waals surface area contributed by atoms with Gasteiger partial charge in [0.25, 0.3) is 0 Å². The number of rotatable bonds is 7. The van der Waals surface area contributed by atoms with Crippen LogP contribution >= 0.6 is 0 Å². The molecule has 0 aliphatic heterocycles. The highest BCUT2D eigenvalue weighted by Gasteiger charge is 2.24. The lowest BCUT2D eigenvalue weighted by Crippen LogP contribution is -2.13. The van der Waals surface area contributed by atoms with Crippen LogP contribution in [0, 0.1) is 0 Å². The van der Waals surface area contributed by atoms with Crippen molar-refractivity contribution >= 4 is 60.4 Å². The molecule has 0 saturated carbocycles. The zero-order chi connectivity index (χ0) is 38.4. The molecule has 11 aromatic rings. The van der Waals surface area contributed by atoms with Crippen molar-refractivity contribution in [2.75, 3.05) is 4.90 Å². The Morgan fingerprint density at radius 2 is 0.897 bits per heavy atom. The van der Waals surface area contributed by atoms with Gasteiger partial charge in [0.05, 0.1) is 22.4 Å². The van der Waals surface area contributed by atoms with E-state index in [0.29, 0.717) is 0 Å². The molecule has 0 radical (unpaired) electrons. The lowest BCUT2D eigenvalue weighted by atomic mass is 9.91. The average molecular weight is 739 g/mol. The Balaban J connectivity index is 1.25. The van der Waals surface area contributed by atoms with Crippen molar-refractivity contribution in [3.05, 3.63) is 231 Å². The number of aromatic nitrogens is 1. The van der Waals surface area contributed by atoms with Crippen LogP contribution in [0.15, 0.2) is 231 Å². The van der Waals surface area contributed by atoms with Crippen molar-refractivity contribution in [1.82, 2.24) is 4.57 Å². The van der Waals surface area contributed by atoms with Crippen LogP contribution < -0.4 is 4.90 Å². The summed E-state index contributed by atoms with van der Waals surface area (Å²) in [6.07, 6.45) is 0. The lowest BCUT2D eigenvalue weighted by Gasteiger charge is -2.31. The molecule has 0 N–H and O–H groups in total. The predicted molar refractivity (Wildman–Crippen MR) is 247 cm³/mol. The van der Waals surface area contributed by atoms with E-state index < -0.39 is 0 Å². The van der Waals surface area contributed by atoms with E-state index in [-0.39, 0.29) is 0 Å². The Morgan fingerprint density at radius 1 is 0.293 bits per heavy atom. The lowest BCUT2D eigenvalue weighted by molar-refractivity contribution is 1.18. The molecule has 272 valence electrons. The highest BCUT2D eigenvalue weighted by atomic mass is 15.1. The van der Waals surface area contributed by atoms with Crippen LogP contribution in [0.5, 0.6) is 0 Å². The van der Waals surface area contributed by atoms with E-state index in [9.17, 15) is 0 Å². The number of fused-ring (bicyclic) bond motifs is 6. The summed E-state index contributed by atoms with van der Waals surface area (Å²) in [6.45, 7) is 0. The van der Waals surface area contributed by atoms with Crippen LogP contribution in [0.1, 0.15) is 0 Å². The van der Waals surface area contributed by atoms with E-state index in [1.807, 2.05) is 0 Å². The first-order chi connectivity index (χ1) is 28.8. The molecule has 0 fully saturated rings. The van der Waals surface area contributed by atoms with Crippen molar-refractivity contribution in [2.24, 2.45) is 0 Å². The standard InChI is InChI=1S/C56H38N2/c1-4-18-39(19-5-1)41-32-34-46(40-20-6-2-7-21-40)55(37-41)58(44-33-35-51-49-28-14-16-30-53(49)57(56(51)38-44)43-23-8-3-9-24-43)54-31-17-15-29-50(54)52-36-42-22-10-11-25-45(42)47-26-12-13-27-48(47)52/h1-38H. The van der Waals surface area contributed by atoms with Gasteiger partial charge >= 0.3 is 0 Å². The minimum Gasteiger partial charge on any atom is -0.309 e. The first-order valence-electron chi connectivity index (χ1n) is 19.9. The number of hydrogen-bond acceptors (Lipinski definition) is 1. The first kappa shape index (κ1) is 33.6. The zero-order valence-corrected chi connectivity index (χ0v) is 31.8. The third-order valence-corrected chi connectivity index (χ3v) is 11.6. The second-order valence-electron chi connectivity index (χ2n) is 14.9. The second kappa shape index (κ2) is 14.1. The van der Waals surface area contributed by atoms with Gasteiger partial charge in [0.1, 0.15) is 0 Å². The zero-order valence-electron chi connectivity index (χ0n) is 31.8. The van der Waals surface area contributed by atoms with Crippen LogP contribution in [0.4, 0.5) is 17.1 Å². The summed E-state index contributed by atoms with van der Waals surface area (Å²) in [6, 6.07) is 83.9. The van der Waals surface area contributed by atoms with Gasteiger partial charge in [-0.25, -0.2) is 0 Å². The topological polar surface area (TPSA) is 8.17 Å². The van der Waals surface area contributed by atoms with Crippen LogP contribution in [-0.4, -0.2) is 4.57 Å². The van der Waals surface area contributed by atoms with Crippen molar-refractivity contribution in [3.8, 4) is 39.1 Å². The maximum absolute atomic E-state index is 2.50. The molecular formula is C56H38N2. The monoisotopic (exact) mass is 738 g/mol. The normalized spacial score (nSPS) is 11.4. The van der Waals surface area contributed by atoms with Gasteiger partial charge in [0, 0.05) is 33.3 Å². The fraction of sp³-hybridized carbons (Fsp3) is 0. The Kier molecular flexibility index (Phi) is 8.19. The largest absolute Gasteiger partial charge is 0.309 e. The quantitative estimate of drug-likeness (QED) is 0.148. The van der Waals surface area contributed by atoms with Crippen molar-refractivity contribution in [2.45, 2.75) is 0 Å². The van der Waals surface area contributed by atoms with Crippen molar-refractivity contribution < 1.29 is 0 Å². The van der Waals surface area contributed by atoms with Gasteiger partial charge in [-0.2, -0.15) is 0 Å². The van der Waals surface area contributed by atoms with Gasteiger partial charge in [0.15, 0.2) is 0 Å². The van der Waals surface area contributed by atoms with Gasteiger partial charge in [-0.1, -0.05) is 182 Å². The Morgan fingerprint density at radius 3 is 1.69 bits per heavy atom. The molecule has 0 aliphatic rings. The molecule has 58 heavy (non-hydrogen) atoms. The van der Waals surface area contributed by atoms with E-state index in [4.69, 9.17) is 0 Å². The molecule has 10 aromatic carbocycles. The van der Waals surface area contributed by atoms with E-state index >= 15 is 0 Å². The van der Waals surface area contributed by atoms with E-state index in [1.165, 1.54) is 49.0 Å². The first-order valence-corrected chi connectivity index (χ1v) is 19.9. The third kappa shape index (κ3) is 5.66. The highest BCUT2D eigenvalue weighted by Crippen LogP contribution is 2.48. The summed E-state index contributed by atoms with van der Waals surface area (Å²) < 4.78 is 2.41. The molecule has 2 heteroatoms. The van der Waals surface area contributed by atoms with Crippen LogP contribution in [0.3, 0.4) is 0 Å². The molecule has 0 bridgehead atoms. The SMILES string of the molecule is c1ccc(-c2ccc(-c3ccccc3)c(N(c3ccc4c5ccccc5n(-c5ccccc5)c4c3)c3ccccc3-c3cc4ccccc4c4ccccc34)c2)cc1. The molecule has 0 atom stereocenters. The Hall–Kier alpha value is -7.68. The summed E-state index contributed by atoms with van der Waals surface area (Å²) in [5.74, 6) is 0. The summed E-state index contributed by atoms with van der Waals surface area (Å²) >= 11 is 0. The molecule has 0 amide bonds. The molecule has 1 heterocycles. The molecule has 0 saturated heterocycles. The Labute approximate surface area is 338 Å². The predicted octanol–water partition coefficient (Wildman–Crippen LogP) is 15.6. The Bertz CT molecular complexity index is 3270. The number of para-hydroxylation sites is 3. The summed E-state index contributed by atoms with van der Waals surface area (Å²) in [5, 5.41) is 7.42. The van der Waals surface area contributed by atoms with Gasteiger partial charge < -0.3 is 9.47 Å². The molecule has 2 nitrogen and oxygen atoms in total. The van der Waals surface area contributed by atoms with E-state index in [1.54, 1.807) is 0 Å². The van der Waals surface area contributed by atoms with Gasteiger partial charge in [0.2, 0.25) is 0 Å². The molecule has 0 spiro atoms. The summed E-state index contributed by atoms with van der Waals surface area (Å²) in [5.41, 5.74) is 13.8. The smallest absolute Gasteiger partial charge is 0.0561 e. The number of anilines is 3. The van der Waals surface area contributed by atoms with Crippen LogP contribution in [0.2, 0.25) is 0 Å². The number of hydrogen-bond donors (Lipinski definition) is 0. The summed E-state index contributed by atoms with van der Waals surface area (Å²) in [4.78, 5) is 2.50. The van der Waals surface area contributed by atoms with Crippen LogP contribution in [0.25, 0.3) is 82.4 Å². The minimum absolute atomic E-state index is 1.08. The molecule has 0 aliphatic carbocycles. The highest BCUT2D eigenvalue weighted by molar-refractivity contribution is 6.15. The van der Waals surface area contributed by atoms with Crippen LogP contribution in [-0.2, 0) is 0 Å². The molecule has 1 aromatic heterocycles. The maximum atomic E-state index is 2.50. The van der Waals surface area contributed by atoms with E-state index in [0.717, 1.165) is 50.5 Å². The summed E-state index contributed by atoms with van der Waals surface area (Å²) in [7, 11) is 0. The minimum atomic E-state index is 1.08. The second-order valence-corrected chi connectivity index (χ2v) is 14.9. The van der Waals surface area contributed by atoms with E-state index in [2.05, 4.69) is 240 Å². The van der Waals surface area contributed by atoms with Gasteiger partial charge in [-0.15, -0.1) is 0 Å². The number of nitrogens with zero attached hydrogens (tertiary/aromatic N) is 2. The fourth-order valence-corrected chi connectivity index (χ4v) is 8.92.